The molecule has 0 amide bonds. The molecule has 3 nitrogen and oxygen atoms in total. The van der Waals surface area contributed by atoms with E-state index >= 15 is 0 Å². The van der Waals surface area contributed by atoms with Crippen LogP contribution in [0, 0.1) is 0 Å². The van der Waals surface area contributed by atoms with Crippen LogP contribution in [0.1, 0.15) is 5.56 Å². The Hall–Kier alpha value is -1.29. The second-order valence-corrected chi connectivity index (χ2v) is 3.43. The first kappa shape index (κ1) is 9.28. The van der Waals surface area contributed by atoms with Crippen LogP contribution in [0.5, 0.6) is 0 Å². The molecule has 0 fully saturated rings. The maximum absolute atomic E-state index is 5.93. The van der Waals surface area contributed by atoms with Gasteiger partial charge in [-0.05, 0) is 17.7 Å². The van der Waals surface area contributed by atoms with Crippen molar-refractivity contribution in [3.05, 3.63) is 35.1 Å². The zero-order valence-corrected chi connectivity index (χ0v) is 8.54. The van der Waals surface area contributed by atoms with Crippen LogP contribution in [-0.2, 0) is 6.32 Å². The van der Waals surface area contributed by atoms with Crippen molar-refractivity contribution in [2.45, 2.75) is 6.32 Å². The van der Waals surface area contributed by atoms with E-state index in [1.165, 1.54) is 5.56 Å². The van der Waals surface area contributed by atoms with Gasteiger partial charge in [0.25, 0.3) is 0 Å². The van der Waals surface area contributed by atoms with Crippen LogP contribution in [0.2, 0.25) is 5.02 Å². The normalized spacial score (nSPS) is 10.4. The second-order valence-electron chi connectivity index (χ2n) is 2.99. The molecule has 0 saturated heterocycles. The quantitative estimate of drug-likeness (QED) is 0.750. The van der Waals surface area contributed by atoms with Crippen LogP contribution in [0.15, 0.2) is 24.5 Å². The summed E-state index contributed by atoms with van der Waals surface area (Å²) in [4.78, 5) is 2.97. The molecule has 0 atom stereocenters. The average molecular weight is 205 g/mol. The van der Waals surface area contributed by atoms with E-state index in [1.807, 2.05) is 18.2 Å². The van der Waals surface area contributed by atoms with E-state index in [0.29, 0.717) is 5.02 Å². The van der Waals surface area contributed by atoms with E-state index in [4.69, 9.17) is 11.6 Å². The molecule has 1 heterocycles. The minimum Gasteiger partial charge on any atom is -0.328 e. The maximum Gasteiger partial charge on any atom is 0.161 e. The van der Waals surface area contributed by atoms with E-state index in [9.17, 15) is 0 Å². The monoisotopic (exact) mass is 205 g/mol. The molecule has 1 aromatic heterocycles. The fourth-order valence-corrected chi connectivity index (χ4v) is 1.59. The zero-order chi connectivity index (χ0) is 9.97. The Balaban J connectivity index is 2.55. The maximum atomic E-state index is 5.93. The van der Waals surface area contributed by atoms with Gasteiger partial charge in [-0.1, -0.05) is 24.0 Å². The highest BCUT2D eigenvalue weighted by atomic mass is 35.5. The van der Waals surface area contributed by atoms with Crippen LogP contribution in [0.3, 0.4) is 0 Å². The van der Waals surface area contributed by atoms with Crippen molar-refractivity contribution in [3.8, 4) is 11.4 Å². The molecule has 2 aromatic rings. The van der Waals surface area contributed by atoms with Crippen molar-refractivity contribution in [1.82, 2.24) is 15.2 Å². The summed E-state index contributed by atoms with van der Waals surface area (Å²) >= 11 is 5.93. The standard InChI is InChI=1S/C9H9BClN3/c10-4-6-1-2-7(11)3-8(6)9-12-5-13-14-9/h1-3,5H,4,10H2,(H,12,13,14). The van der Waals surface area contributed by atoms with E-state index < -0.39 is 0 Å². The molecule has 2 rings (SSSR count). The third-order valence-electron chi connectivity index (χ3n) is 2.12. The molecule has 0 saturated carbocycles. The fourth-order valence-electron chi connectivity index (χ4n) is 1.41. The molecule has 5 heteroatoms. The number of benzene rings is 1. The zero-order valence-electron chi connectivity index (χ0n) is 7.79. The van der Waals surface area contributed by atoms with Crippen molar-refractivity contribution < 1.29 is 0 Å². The molecule has 0 bridgehead atoms. The van der Waals surface area contributed by atoms with Gasteiger partial charge in [-0.2, -0.15) is 0 Å². The SMILES string of the molecule is BCc1ccc(Cl)cc1-c1nnc[nH]1. The Labute approximate surface area is 87.9 Å². The predicted molar refractivity (Wildman–Crippen MR) is 59.1 cm³/mol. The number of rotatable bonds is 2. The highest BCUT2D eigenvalue weighted by Crippen LogP contribution is 2.23. The predicted octanol–water partition coefficient (Wildman–Crippen LogP) is 1.26. The number of nitrogens with zero attached hydrogens (tertiary/aromatic N) is 2. The van der Waals surface area contributed by atoms with Crippen molar-refractivity contribution in [2.75, 3.05) is 0 Å². The first-order valence-corrected chi connectivity index (χ1v) is 4.84. The Morgan fingerprint density at radius 2 is 2.29 bits per heavy atom. The lowest BCUT2D eigenvalue weighted by Gasteiger charge is -2.04. The molecule has 70 valence electrons. The number of H-pyrrole nitrogens is 1. The topological polar surface area (TPSA) is 41.6 Å². The Morgan fingerprint density at radius 3 is 2.93 bits per heavy atom. The summed E-state index contributed by atoms with van der Waals surface area (Å²) in [7, 11) is 2.10. The van der Waals surface area contributed by atoms with Gasteiger partial charge < -0.3 is 4.98 Å². The number of halogens is 1. The van der Waals surface area contributed by atoms with Gasteiger partial charge in [-0.25, -0.2) is 0 Å². The van der Waals surface area contributed by atoms with E-state index in [1.54, 1.807) is 6.33 Å². The lowest BCUT2D eigenvalue weighted by Crippen LogP contribution is -1.91. The smallest absolute Gasteiger partial charge is 0.161 e. The van der Waals surface area contributed by atoms with Crippen molar-refractivity contribution >= 4 is 19.4 Å². The number of nitrogens with one attached hydrogen (secondary N) is 1. The van der Waals surface area contributed by atoms with Gasteiger partial charge in [0, 0.05) is 10.6 Å². The summed E-state index contributed by atoms with van der Waals surface area (Å²) in [6.45, 7) is 0. The van der Waals surface area contributed by atoms with Crippen LogP contribution < -0.4 is 0 Å². The van der Waals surface area contributed by atoms with E-state index in [2.05, 4.69) is 23.0 Å². The number of hydrogen-bond acceptors (Lipinski definition) is 2. The van der Waals surface area contributed by atoms with Crippen LogP contribution in [0.4, 0.5) is 0 Å². The minimum atomic E-state index is 0.716. The highest BCUT2D eigenvalue weighted by molar-refractivity contribution is 6.30. The van der Waals surface area contributed by atoms with Gasteiger partial charge in [0.05, 0.1) is 0 Å². The van der Waals surface area contributed by atoms with Crippen molar-refractivity contribution in [1.29, 1.82) is 0 Å². The summed E-state index contributed by atoms with van der Waals surface area (Å²) in [6, 6.07) is 5.81. The lowest BCUT2D eigenvalue weighted by atomic mass is 9.93. The van der Waals surface area contributed by atoms with Crippen molar-refractivity contribution in [3.63, 3.8) is 0 Å². The fraction of sp³-hybridized carbons (Fsp3) is 0.111. The molecular formula is C9H9BClN3. The molecule has 1 aromatic carbocycles. The van der Waals surface area contributed by atoms with Gasteiger partial charge in [0.2, 0.25) is 0 Å². The van der Waals surface area contributed by atoms with Gasteiger partial charge >= 0.3 is 0 Å². The molecule has 14 heavy (non-hydrogen) atoms. The highest BCUT2D eigenvalue weighted by Gasteiger charge is 2.06. The minimum absolute atomic E-state index is 0.716. The van der Waals surface area contributed by atoms with Gasteiger partial charge in [0.1, 0.15) is 14.2 Å². The molecular weight excluding hydrogens is 196 g/mol. The summed E-state index contributed by atoms with van der Waals surface area (Å²) in [5, 5.41) is 8.44. The summed E-state index contributed by atoms with van der Waals surface area (Å²) in [5.74, 6) is 0.768. The van der Waals surface area contributed by atoms with Gasteiger partial charge in [-0.15, -0.1) is 10.2 Å². The molecule has 0 aliphatic carbocycles. The van der Waals surface area contributed by atoms with Gasteiger partial charge in [-0.3, -0.25) is 0 Å². The summed E-state index contributed by atoms with van der Waals surface area (Å²) in [5.41, 5.74) is 2.24. The van der Waals surface area contributed by atoms with Gasteiger partial charge in [0.15, 0.2) is 5.82 Å². The average Bonchev–Trinajstić information content (AvgIpc) is 2.70. The molecule has 0 aliphatic rings. The summed E-state index contributed by atoms with van der Waals surface area (Å²) in [6.07, 6.45) is 2.52. The largest absolute Gasteiger partial charge is 0.328 e. The Bertz CT molecular complexity index is 428. The molecule has 0 radical (unpaired) electrons. The number of hydrogen-bond donors (Lipinski definition) is 1. The van der Waals surface area contributed by atoms with Crippen LogP contribution in [0.25, 0.3) is 11.4 Å². The Morgan fingerprint density at radius 1 is 1.43 bits per heavy atom. The summed E-state index contributed by atoms with van der Waals surface area (Å²) < 4.78 is 0. The Kier molecular flexibility index (Phi) is 2.54. The first-order valence-electron chi connectivity index (χ1n) is 4.46. The molecule has 0 aliphatic heterocycles. The number of aromatic amines is 1. The lowest BCUT2D eigenvalue weighted by molar-refractivity contribution is 1.09. The molecule has 0 spiro atoms. The van der Waals surface area contributed by atoms with Crippen molar-refractivity contribution in [2.24, 2.45) is 0 Å². The third-order valence-corrected chi connectivity index (χ3v) is 2.36. The number of aromatic nitrogens is 3. The van der Waals surface area contributed by atoms with Crippen LogP contribution >= 0.6 is 11.6 Å². The first-order chi connectivity index (χ1) is 6.81. The van der Waals surface area contributed by atoms with Crippen LogP contribution in [-0.4, -0.2) is 23.0 Å². The molecule has 0 unspecified atom stereocenters. The second kappa shape index (κ2) is 3.84. The molecule has 1 N–H and O–H groups in total. The van der Waals surface area contributed by atoms with E-state index in [-0.39, 0.29) is 0 Å². The van der Waals surface area contributed by atoms with E-state index in [0.717, 1.165) is 17.7 Å². The third kappa shape index (κ3) is 1.66.